The molecule has 31 heavy (non-hydrogen) atoms. The first-order valence-electron chi connectivity index (χ1n) is 7.79. The van der Waals surface area contributed by atoms with Crippen LogP contribution >= 0.6 is 11.6 Å². The molecule has 0 aliphatic carbocycles. The first kappa shape index (κ1) is 27.6. The molecule has 0 N–H and O–H groups in total. The fourth-order valence-electron chi connectivity index (χ4n) is 2.50. The Kier molecular flexibility index (Phi) is 6.99. The van der Waals surface area contributed by atoms with Crippen LogP contribution in [0.5, 0.6) is 0 Å². The highest BCUT2D eigenvalue weighted by Gasteiger charge is 2.90. The third kappa shape index (κ3) is 4.16. The minimum Gasteiger partial charge on any atom is -0.374 e. The zero-order valence-corrected chi connectivity index (χ0v) is 16.0. The second-order valence-corrected chi connectivity index (χ2v) is 7.00. The average molecular weight is 503 g/mol. The maximum Gasteiger partial charge on any atom is 0.460 e. The van der Waals surface area contributed by atoms with E-state index in [9.17, 15) is 57.1 Å². The van der Waals surface area contributed by atoms with Crippen LogP contribution < -0.4 is 0 Å². The standard InChI is InChI=1S/C16H12ClF13O/c1-10(31-2,8-5-3-4-6-9(8)17)7-11(18,19)12(20,21)13(22,23)14(24,25)15(26,27)16(28,29)30/h3-6H,7H2,1-2H3. The normalized spacial score (nSPS) is 16.9. The van der Waals surface area contributed by atoms with Crippen LogP contribution in [0.25, 0.3) is 0 Å². The molecule has 1 aromatic rings. The molecule has 0 aliphatic rings. The number of halogens is 14. The Morgan fingerprint density at radius 3 is 1.52 bits per heavy atom. The van der Waals surface area contributed by atoms with E-state index < -0.39 is 58.4 Å². The molecule has 0 heterocycles. The summed E-state index contributed by atoms with van der Waals surface area (Å²) < 4.78 is 177. The van der Waals surface area contributed by atoms with Gasteiger partial charge in [0.2, 0.25) is 0 Å². The first-order valence-corrected chi connectivity index (χ1v) is 8.17. The number of rotatable bonds is 8. The molecule has 0 saturated carbocycles. The van der Waals surface area contributed by atoms with Crippen LogP contribution in [0.1, 0.15) is 18.9 Å². The lowest BCUT2D eigenvalue weighted by atomic mass is 9.84. The lowest BCUT2D eigenvalue weighted by Gasteiger charge is -2.42. The van der Waals surface area contributed by atoms with E-state index in [1.165, 1.54) is 6.07 Å². The zero-order valence-electron chi connectivity index (χ0n) is 15.2. The van der Waals surface area contributed by atoms with Crippen LogP contribution in [0.15, 0.2) is 24.3 Å². The van der Waals surface area contributed by atoms with Crippen LogP contribution in [0.4, 0.5) is 57.1 Å². The van der Waals surface area contributed by atoms with Crippen molar-refractivity contribution in [1.29, 1.82) is 0 Å². The van der Waals surface area contributed by atoms with Gasteiger partial charge in [-0.25, -0.2) is 0 Å². The third-order valence-corrected chi connectivity index (χ3v) is 4.78. The first-order chi connectivity index (χ1) is 13.5. The van der Waals surface area contributed by atoms with Crippen molar-refractivity contribution in [3.8, 4) is 0 Å². The maximum atomic E-state index is 14.2. The van der Waals surface area contributed by atoms with E-state index in [1.54, 1.807) is 0 Å². The Hall–Kier alpha value is -1.44. The summed E-state index contributed by atoms with van der Waals surface area (Å²) >= 11 is 5.70. The fraction of sp³-hybridized carbons (Fsp3) is 0.625. The molecule has 1 aromatic carbocycles. The van der Waals surface area contributed by atoms with Gasteiger partial charge >= 0.3 is 35.8 Å². The lowest BCUT2D eigenvalue weighted by Crippen LogP contribution is -2.70. The molecule has 0 saturated heterocycles. The Morgan fingerprint density at radius 1 is 0.710 bits per heavy atom. The van der Waals surface area contributed by atoms with Crippen LogP contribution in [-0.2, 0) is 10.3 Å². The number of hydrogen-bond donors (Lipinski definition) is 0. The molecule has 0 spiro atoms. The van der Waals surface area contributed by atoms with Crippen molar-refractivity contribution in [3.63, 3.8) is 0 Å². The largest absolute Gasteiger partial charge is 0.460 e. The molecule has 1 nitrogen and oxygen atoms in total. The van der Waals surface area contributed by atoms with Gasteiger partial charge < -0.3 is 4.74 Å². The van der Waals surface area contributed by atoms with Crippen molar-refractivity contribution in [2.75, 3.05) is 7.11 Å². The molecule has 180 valence electrons. The van der Waals surface area contributed by atoms with Crippen molar-refractivity contribution in [3.05, 3.63) is 34.9 Å². The summed E-state index contributed by atoms with van der Waals surface area (Å²) in [4.78, 5) is 0. The second kappa shape index (κ2) is 7.85. The summed E-state index contributed by atoms with van der Waals surface area (Å²) in [6.07, 6.45) is -10.00. The van der Waals surface area contributed by atoms with E-state index in [4.69, 9.17) is 11.6 Å². The van der Waals surface area contributed by atoms with E-state index in [0.717, 1.165) is 18.2 Å². The summed E-state index contributed by atoms with van der Waals surface area (Å²) in [6.45, 7) is 0.610. The van der Waals surface area contributed by atoms with E-state index in [1.807, 2.05) is 0 Å². The lowest BCUT2D eigenvalue weighted by molar-refractivity contribution is -0.441. The third-order valence-electron chi connectivity index (χ3n) is 4.45. The van der Waals surface area contributed by atoms with Crippen LogP contribution in [0, 0.1) is 0 Å². The molecule has 15 heteroatoms. The Balaban J connectivity index is 3.54. The van der Waals surface area contributed by atoms with Gasteiger partial charge in [0.1, 0.15) is 0 Å². The molecule has 0 radical (unpaired) electrons. The molecule has 0 bridgehead atoms. The van der Waals surface area contributed by atoms with Gasteiger partial charge in [0.05, 0.1) is 12.0 Å². The van der Waals surface area contributed by atoms with Crippen molar-refractivity contribution >= 4 is 11.6 Å². The van der Waals surface area contributed by atoms with Crippen LogP contribution in [-0.4, -0.2) is 42.9 Å². The predicted octanol–water partition coefficient (Wildman–Crippen LogP) is 7.33. The van der Waals surface area contributed by atoms with Gasteiger partial charge in [-0.05, 0) is 13.0 Å². The molecule has 1 atom stereocenters. The van der Waals surface area contributed by atoms with Gasteiger partial charge in [-0.1, -0.05) is 29.8 Å². The summed E-state index contributed by atoms with van der Waals surface area (Å²) in [5.74, 6) is -37.2. The van der Waals surface area contributed by atoms with Crippen molar-refractivity contribution in [2.24, 2.45) is 0 Å². The number of methoxy groups -OCH3 is 1. The molecule has 0 aliphatic heterocycles. The minimum absolute atomic E-state index is 0.410. The molecule has 0 aromatic heterocycles. The van der Waals surface area contributed by atoms with E-state index in [0.29, 0.717) is 14.0 Å². The summed E-state index contributed by atoms with van der Waals surface area (Å²) in [6, 6.07) is 4.33. The number of ether oxygens (including phenoxy) is 1. The van der Waals surface area contributed by atoms with E-state index in [-0.39, 0.29) is 0 Å². The minimum atomic E-state index is -7.95. The van der Waals surface area contributed by atoms with Gasteiger partial charge in [-0.2, -0.15) is 57.1 Å². The number of benzene rings is 1. The Labute approximate surface area is 171 Å². The summed E-state index contributed by atoms with van der Waals surface area (Å²) in [5, 5.41) is -0.410. The molecule has 0 fully saturated rings. The van der Waals surface area contributed by atoms with Crippen molar-refractivity contribution < 1.29 is 61.8 Å². The predicted molar refractivity (Wildman–Crippen MR) is 81.2 cm³/mol. The zero-order chi connectivity index (χ0) is 24.9. The quantitative estimate of drug-likeness (QED) is 0.338. The van der Waals surface area contributed by atoms with Gasteiger partial charge in [-0.15, -0.1) is 0 Å². The number of alkyl halides is 13. The van der Waals surface area contributed by atoms with Crippen molar-refractivity contribution in [2.45, 2.75) is 54.7 Å². The topological polar surface area (TPSA) is 9.23 Å². The van der Waals surface area contributed by atoms with Gasteiger partial charge in [0.25, 0.3) is 0 Å². The molecule has 1 rings (SSSR count). The molecular formula is C16H12ClF13O. The summed E-state index contributed by atoms with van der Waals surface area (Å²) in [5.41, 5.74) is -3.19. The maximum absolute atomic E-state index is 14.2. The van der Waals surface area contributed by atoms with Crippen LogP contribution in [0.3, 0.4) is 0 Å². The average Bonchev–Trinajstić information content (AvgIpc) is 2.59. The van der Waals surface area contributed by atoms with Gasteiger partial charge in [0.15, 0.2) is 0 Å². The Bertz CT molecular complexity index is 790. The summed E-state index contributed by atoms with van der Waals surface area (Å²) in [7, 11) is 0.627. The number of hydrogen-bond acceptors (Lipinski definition) is 1. The van der Waals surface area contributed by atoms with Crippen molar-refractivity contribution in [1.82, 2.24) is 0 Å². The highest BCUT2D eigenvalue weighted by molar-refractivity contribution is 6.31. The Morgan fingerprint density at radius 2 is 1.13 bits per heavy atom. The highest BCUT2D eigenvalue weighted by atomic mass is 35.5. The monoisotopic (exact) mass is 502 g/mol. The smallest absolute Gasteiger partial charge is 0.374 e. The molecule has 0 amide bonds. The molecular weight excluding hydrogens is 491 g/mol. The van der Waals surface area contributed by atoms with E-state index in [2.05, 4.69) is 4.74 Å². The highest BCUT2D eigenvalue weighted by Crippen LogP contribution is 2.61. The SMILES string of the molecule is COC(C)(CC(F)(F)C(F)(F)C(F)(F)C(F)(F)C(F)(F)C(F)(F)F)c1ccccc1Cl. The van der Waals surface area contributed by atoms with E-state index >= 15 is 0 Å². The van der Waals surface area contributed by atoms with Crippen LogP contribution in [0.2, 0.25) is 5.02 Å². The second-order valence-electron chi connectivity index (χ2n) is 6.59. The fourth-order valence-corrected chi connectivity index (χ4v) is 2.84. The van der Waals surface area contributed by atoms with Gasteiger partial charge in [-0.3, -0.25) is 0 Å². The van der Waals surface area contributed by atoms with Gasteiger partial charge in [0, 0.05) is 17.7 Å². The molecule has 1 unspecified atom stereocenters.